The Morgan fingerprint density at radius 2 is 1.90 bits per heavy atom. The van der Waals surface area contributed by atoms with Crippen molar-refractivity contribution in [3.8, 4) is 0 Å². The summed E-state index contributed by atoms with van der Waals surface area (Å²) in [6.07, 6.45) is 9.35. The number of nitrogens with zero attached hydrogens (tertiary/aromatic N) is 1. The summed E-state index contributed by atoms with van der Waals surface area (Å²) in [4.78, 5) is 13.9. The van der Waals surface area contributed by atoms with E-state index < -0.39 is 0 Å². The molecule has 116 valence electrons. The van der Waals surface area contributed by atoms with Crippen molar-refractivity contribution in [1.82, 2.24) is 4.90 Å². The maximum Gasteiger partial charge on any atom is 0.308 e. The number of esters is 1. The zero-order valence-corrected chi connectivity index (χ0v) is 13.0. The monoisotopic (exact) mass is 283 g/mol. The predicted molar refractivity (Wildman–Crippen MR) is 78.6 cm³/mol. The molecule has 1 saturated heterocycles. The van der Waals surface area contributed by atoms with E-state index >= 15 is 0 Å². The van der Waals surface area contributed by atoms with Crippen LogP contribution in [0.3, 0.4) is 0 Å². The average Bonchev–Trinajstić information content (AvgIpc) is 2.49. The maximum atomic E-state index is 11.5. The Morgan fingerprint density at radius 3 is 2.55 bits per heavy atom. The van der Waals surface area contributed by atoms with Crippen LogP contribution in [0.15, 0.2) is 0 Å². The molecule has 0 aromatic heterocycles. The van der Waals surface area contributed by atoms with Gasteiger partial charge in [-0.15, -0.1) is 0 Å². The van der Waals surface area contributed by atoms with Crippen molar-refractivity contribution >= 4 is 5.97 Å². The number of hydrogen-bond donors (Lipinski definition) is 0. The van der Waals surface area contributed by atoms with Crippen molar-refractivity contribution in [2.75, 3.05) is 27.3 Å². The number of methoxy groups -OCH3 is 1. The van der Waals surface area contributed by atoms with Crippen LogP contribution >= 0.6 is 0 Å². The highest BCUT2D eigenvalue weighted by atomic mass is 16.5. The van der Waals surface area contributed by atoms with E-state index in [-0.39, 0.29) is 11.9 Å². The molecule has 0 aromatic rings. The quantitative estimate of drug-likeness (QED) is 0.727. The molecule has 0 spiro atoms. The van der Waals surface area contributed by atoms with E-state index in [0.29, 0.717) is 12.1 Å². The molecule has 2 fully saturated rings. The summed E-state index contributed by atoms with van der Waals surface area (Å²) in [6, 6.07) is 0.704. The molecule has 1 aliphatic heterocycles. The zero-order chi connectivity index (χ0) is 14.4. The smallest absolute Gasteiger partial charge is 0.308 e. The number of carbonyl (C=O) groups excluding carboxylic acids is 1. The summed E-state index contributed by atoms with van der Waals surface area (Å²) in [6.45, 7) is 2.09. The first-order chi connectivity index (χ1) is 9.70. The molecule has 1 saturated carbocycles. The molecule has 0 amide bonds. The fourth-order valence-corrected chi connectivity index (χ4v) is 3.51. The van der Waals surface area contributed by atoms with Crippen molar-refractivity contribution in [2.24, 2.45) is 5.92 Å². The number of ether oxygens (including phenoxy) is 2. The van der Waals surface area contributed by atoms with Crippen LogP contribution in [0.1, 0.15) is 51.4 Å². The lowest BCUT2D eigenvalue weighted by Crippen LogP contribution is -2.37. The molecule has 0 radical (unpaired) electrons. The summed E-state index contributed by atoms with van der Waals surface area (Å²) in [5.41, 5.74) is 0. The van der Waals surface area contributed by atoms with Gasteiger partial charge in [0.05, 0.1) is 19.1 Å². The largest absolute Gasteiger partial charge is 0.469 e. The summed E-state index contributed by atoms with van der Waals surface area (Å²) in [7, 11) is 3.71. The molecule has 20 heavy (non-hydrogen) atoms. The molecule has 0 N–H and O–H groups in total. The molecule has 1 unspecified atom stereocenters. The first kappa shape index (κ1) is 15.8. The molecule has 1 aliphatic carbocycles. The molecule has 4 heteroatoms. The van der Waals surface area contributed by atoms with Crippen molar-refractivity contribution in [3.05, 3.63) is 0 Å². The van der Waals surface area contributed by atoms with Gasteiger partial charge in [-0.25, -0.2) is 0 Å². The second kappa shape index (κ2) is 7.99. The van der Waals surface area contributed by atoms with Gasteiger partial charge in [-0.05, 0) is 58.5 Å². The normalized spacial score (nSPS) is 32.0. The van der Waals surface area contributed by atoms with Gasteiger partial charge in [0.1, 0.15) is 0 Å². The van der Waals surface area contributed by atoms with Crippen molar-refractivity contribution in [1.29, 1.82) is 0 Å². The minimum Gasteiger partial charge on any atom is -0.469 e. The molecule has 0 bridgehead atoms. The van der Waals surface area contributed by atoms with E-state index in [9.17, 15) is 4.79 Å². The lowest BCUT2D eigenvalue weighted by Gasteiger charge is -2.33. The van der Waals surface area contributed by atoms with Gasteiger partial charge in [0, 0.05) is 12.6 Å². The number of carbonyl (C=O) groups is 1. The van der Waals surface area contributed by atoms with E-state index in [1.165, 1.54) is 32.9 Å². The van der Waals surface area contributed by atoms with Gasteiger partial charge in [-0.3, -0.25) is 4.79 Å². The van der Waals surface area contributed by atoms with Gasteiger partial charge in [0.2, 0.25) is 0 Å². The standard InChI is InChI=1S/C16H29NO3/c1-17-11-4-3-5-14(17)10-12-20-15-8-6-13(7-9-15)16(18)19-2/h13-15H,3-12H2,1-2H3. The van der Waals surface area contributed by atoms with Crippen LogP contribution in [0.25, 0.3) is 0 Å². The number of likely N-dealkylation sites (tertiary alicyclic amines) is 1. The number of rotatable bonds is 5. The number of hydrogen-bond acceptors (Lipinski definition) is 4. The van der Waals surface area contributed by atoms with Crippen molar-refractivity contribution < 1.29 is 14.3 Å². The average molecular weight is 283 g/mol. The first-order valence-corrected chi connectivity index (χ1v) is 8.10. The third-order valence-electron chi connectivity index (χ3n) is 4.93. The highest BCUT2D eigenvalue weighted by Gasteiger charge is 2.27. The highest BCUT2D eigenvalue weighted by molar-refractivity contribution is 5.72. The molecular formula is C16H29NO3. The van der Waals surface area contributed by atoms with Gasteiger partial charge < -0.3 is 14.4 Å². The first-order valence-electron chi connectivity index (χ1n) is 8.10. The van der Waals surface area contributed by atoms with Crippen LogP contribution in [-0.2, 0) is 14.3 Å². The minimum atomic E-state index is -0.0488. The van der Waals surface area contributed by atoms with Crippen LogP contribution in [0.2, 0.25) is 0 Å². The molecule has 1 heterocycles. The van der Waals surface area contributed by atoms with Gasteiger partial charge >= 0.3 is 5.97 Å². The van der Waals surface area contributed by atoms with Gasteiger partial charge in [-0.2, -0.15) is 0 Å². The second-order valence-corrected chi connectivity index (χ2v) is 6.29. The van der Waals surface area contributed by atoms with Crippen molar-refractivity contribution in [3.63, 3.8) is 0 Å². The summed E-state index contributed by atoms with van der Waals surface area (Å²) in [5.74, 6) is 0.0524. The third kappa shape index (κ3) is 4.45. The zero-order valence-electron chi connectivity index (χ0n) is 13.0. The molecule has 1 atom stereocenters. The summed E-state index contributed by atoms with van der Waals surface area (Å²) in [5, 5.41) is 0. The Bertz CT molecular complexity index is 300. The topological polar surface area (TPSA) is 38.8 Å². The lowest BCUT2D eigenvalue weighted by molar-refractivity contribution is -0.147. The van der Waals surface area contributed by atoms with Crippen LogP contribution in [0.5, 0.6) is 0 Å². The third-order valence-corrected chi connectivity index (χ3v) is 4.93. The van der Waals surface area contributed by atoms with E-state index in [1.54, 1.807) is 0 Å². The van der Waals surface area contributed by atoms with Crippen LogP contribution in [-0.4, -0.2) is 50.3 Å². The van der Waals surface area contributed by atoms with Crippen LogP contribution < -0.4 is 0 Å². The number of piperidine rings is 1. The van der Waals surface area contributed by atoms with E-state index in [4.69, 9.17) is 9.47 Å². The Balaban J connectivity index is 1.60. The highest BCUT2D eigenvalue weighted by Crippen LogP contribution is 2.27. The maximum absolute atomic E-state index is 11.5. The Kier molecular flexibility index (Phi) is 6.30. The second-order valence-electron chi connectivity index (χ2n) is 6.29. The van der Waals surface area contributed by atoms with Crippen LogP contribution in [0, 0.1) is 5.92 Å². The summed E-state index contributed by atoms with van der Waals surface area (Å²) >= 11 is 0. The summed E-state index contributed by atoms with van der Waals surface area (Å²) < 4.78 is 10.8. The molecule has 2 aliphatic rings. The van der Waals surface area contributed by atoms with E-state index in [2.05, 4.69) is 11.9 Å². The molecular weight excluding hydrogens is 254 g/mol. The SMILES string of the molecule is COC(=O)C1CCC(OCCC2CCCCN2C)CC1. The van der Waals surface area contributed by atoms with Gasteiger partial charge in [-0.1, -0.05) is 6.42 Å². The van der Waals surface area contributed by atoms with E-state index in [0.717, 1.165) is 38.7 Å². The fourth-order valence-electron chi connectivity index (χ4n) is 3.51. The fraction of sp³-hybridized carbons (Fsp3) is 0.938. The lowest BCUT2D eigenvalue weighted by atomic mass is 9.87. The van der Waals surface area contributed by atoms with Crippen molar-refractivity contribution in [2.45, 2.75) is 63.5 Å². The Morgan fingerprint density at radius 1 is 1.15 bits per heavy atom. The Hall–Kier alpha value is -0.610. The molecule has 2 rings (SSSR count). The minimum absolute atomic E-state index is 0.0488. The van der Waals surface area contributed by atoms with E-state index in [1.807, 2.05) is 0 Å². The van der Waals surface area contributed by atoms with Gasteiger partial charge in [0.15, 0.2) is 0 Å². The predicted octanol–water partition coefficient (Wildman–Crippen LogP) is 2.61. The Labute approximate surface area is 122 Å². The van der Waals surface area contributed by atoms with Crippen LogP contribution in [0.4, 0.5) is 0 Å². The van der Waals surface area contributed by atoms with Gasteiger partial charge in [0.25, 0.3) is 0 Å². The molecule has 0 aromatic carbocycles. The molecule has 4 nitrogen and oxygen atoms in total.